The number of piperazine rings is 1. The highest BCUT2D eigenvalue weighted by Crippen LogP contribution is 2.19. The molecule has 1 aliphatic heterocycles. The maximum atomic E-state index is 13.7. The summed E-state index contributed by atoms with van der Waals surface area (Å²) in [5.74, 6) is -0.244. The molecule has 22 heavy (non-hydrogen) atoms. The fourth-order valence-corrected chi connectivity index (χ4v) is 2.52. The first-order chi connectivity index (χ1) is 10.7. The van der Waals surface area contributed by atoms with Crippen LogP contribution < -0.4 is 10.2 Å². The van der Waals surface area contributed by atoms with E-state index in [2.05, 4.69) is 15.1 Å². The van der Waals surface area contributed by atoms with Crippen LogP contribution in [0.4, 0.5) is 10.1 Å². The van der Waals surface area contributed by atoms with Gasteiger partial charge in [0.2, 0.25) is 5.91 Å². The van der Waals surface area contributed by atoms with Crippen LogP contribution in [0.3, 0.4) is 0 Å². The van der Waals surface area contributed by atoms with E-state index >= 15 is 0 Å². The molecule has 0 saturated carbocycles. The van der Waals surface area contributed by atoms with Gasteiger partial charge >= 0.3 is 0 Å². The van der Waals surface area contributed by atoms with Gasteiger partial charge in [-0.1, -0.05) is 12.1 Å². The number of carbonyl (C=O) groups is 1. The third-order valence-electron chi connectivity index (χ3n) is 3.75. The average Bonchev–Trinajstić information content (AvgIpc) is 2.54. The molecule has 1 amide bonds. The van der Waals surface area contributed by atoms with Crippen molar-refractivity contribution in [1.82, 2.24) is 10.2 Å². The summed E-state index contributed by atoms with van der Waals surface area (Å²) in [5.41, 5.74) is 0.673. The van der Waals surface area contributed by atoms with E-state index in [-0.39, 0.29) is 18.3 Å². The molecule has 0 radical (unpaired) electrons. The molecule has 1 fully saturated rings. The maximum absolute atomic E-state index is 13.7. The Morgan fingerprint density at radius 3 is 2.68 bits per heavy atom. The molecule has 1 aromatic carbocycles. The maximum Gasteiger partial charge on any atom is 0.246 e. The van der Waals surface area contributed by atoms with E-state index in [4.69, 9.17) is 4.74 Å². The van der Waals surface area contributed by atoms with E-state index in [1.807, 2.05) is 19.1 Å². The topological polar surface area (TPSA) is 44.8 Å². The minimum Gasteiger partial charge on any atom is -0.372 e. The third kappa shape index (κ3) is 4.96. The second kappa shape index (κ2) is 8.70. The summed E-state index contributed by atoms with van der Waals surface area (Å²) in [7, 11) is 0. The number of hydrogen-bond donors (Lipinski definition) is 1. The first-order valence-electron chi connectivity index (χ1n) is 7.77. The van der Waals surface area contributed by atoms with Crippen molar-refractivity contribution in [1.29, 1.82) is 0 Å². The molecular formula is C16H24FN3O2. The minimum absolute atomic E-state index is 0.0770. The van der Waals surface area contributed by atoms with Crippen LogP contribution >= 0.6 is 0 Å². The Morgan fingerprint density at radius 2 is 2.00 bits per heavy atom. The average molecular weight is 309 g/mol. The summed E-state index contributed by atoms with van der Waals surface area (Å²) in [5, 5.41) is 2.84. The predicted octanol–water partition coefficient (Wildman–Crippen LogP) is 1.10. The highest BCUT2D eigenvalue weighted by Gasteiger charge is 2.18. The monoisotopic (exact) mass is 309 g/mol. The second-order valence-corrected chi connectivity index (χ2v) is 5.27. The Balaban J connectivity index is 1.67. The molecule has 122 valence electrons. The number of amides is 1. The van der Waals surface area contributed by atoms with Gasteiger partial charge in [-0.3, -0.25) is 9.69 Å². The van der Waals surface area contributed by atoms with Crippen LogP contribution in [0.5, 0.6) is 0 Å². The summed E-state index contributed by atoms with van der Waals surface area (Å²) in [4.78, 5) is 15.8. The largest absolute Gasteiger partial charge is 0.372 e. The van der Waals surface area contributed by atoms with Crippen molar-refractivity contribution in [2.45, 2.75) is 6.92 Å². The number of benzene rings is 1. The summed E-state index contributed by atoms with van der Waals surface area (Å²) in [6.45, 7) is 7.30. The highest BCUT2D eigenvalue weighted by molar-refractivity contribution is 5.77. The predicted molar refractivity (Wildman–Crippen MR) is 84.6 cm³/mol. The Labute approximate surface area is 131 Å². The quantitative estimate of drug-likeness (QED) is 0.819. The molecule has 1 saturated heterocycles. The normalized spacial score (nSPS) is 15.8. The number of nitrogens with one attached hydrogen (secondary N) is 1. The van der Waals surface area contributed by atoms with Crippen LogP contribution in [-0.2, 0) is 9.53 Å². The second-order valence-electron chi connectivity index (χ2n) is 5.27. The molecule has 1 heterocycles. The number of para-hydroxylation sites is 1. The van der Waals surface area contributed by atoms with Crippen molar-refractivity contribution < 1.29 is 13.9 Å². The van der Waals surface area contributed by atoms with E-state index < -0.39 is 0 Å². The minimum atomic E-state index is -0.167. The highest BCUT2D eigenvalue weighted by atomic mass is 19.1. The number of rotatable bonds is 7. The van der Waals surface area contributed by atoms with Gasteiger partial charge < -0.3 is 15.0 Å². The zero-order valence-corrected chi connectivity index (χ0v) is 13.1. The molecule has 0 unspecified atom stereocenters. The van der Waals surface area contributed by atoms with Crippen molar-refractivity contribution in [3.63, 3.8) is 0 Å². The van der Waals surface area contributed by atoms with Crippen LogP contribution in [0, 0.1) is 5.82 Å². The fourth-order valence-electron chi connectivity index (χ4n) is 2.52. The van der Waals surface area contributed by atoms with Gasteiger partial charge in [0, 0.05) is 45.9 Å². The van der Waals surface area contributed by atoms with E-state index in [0.29, 0.717) is 18.8 Å². The molecule has 1 aromatic rings. The van der Waals surface area contributed by atoms with E-state index in [1.165, 1.54) is 6.07 Å². The molecule has 0 aromatic heterocycles. The SMILES string of the molecule is CCOCC(=O)NCCN1CCN(c2ccccc2F)CC1. The number of halogens is 1. The Kier molecular flexibility index (Phi) is 6.61. The van der Waals surface area contributed by atoms with Crippen molar-refractivity contribution in [2.75, 3.05) is 57.4 Å². The lowest BCUT2D eigenvalue weighted by Crippen LogP contribution is -2.48. The molecule has 1 N–H and O–H groups in total. The number of nitrogens with zero attached hydrogens (tertiary/aromatic N) is 2. The van der Waals surface area contributed by atoms with Gasteiger partial charge in [-0.05, 0) is 19.1 Å². The van der Waals surface area contributed by atoms with Gasteiger partial charge in [-0.25, -0.2) is 4.39 Å². The summed E-state index contributed by atoms with van der Waals surface area (Å²) in [6, 6.07) is 6.88. The van der Waals surface area contributed by atoms with Crippen LogP contribution in [0.15, 0.2) is 24.3 Å². The van der Waals surface area contributed by atoms with E-state index in [9.17, 15) is 9.18 Å². The number of anilines is 1. The van der Waals surface area contributed by atoms with E-state index in [0.717, 1.165) is 32.7 Å². The van der Waals surface area contributed by atoms with Crippen LogP contribution in [0.2, 0.25) is 0 Å². The first kappa shape index (κ1) is 16.7. The van der Waals surface area contributed by atoms with Crippen LogP contribution in [0.1, 0.15) is 6.92 Å². The van der Waals surface area contributed by atoms with Crippen molar-refractivity contribution in [3.8, 4) is 0 Å². The summed E-state index contributed by atoms with van der Waals surface area (Å²) < 4.78 is 18.8. The molecule has 0 spiro atoms. The lowest BCUT2D eigenvalue weighted by atomic mass is 10.2. The van der Waals surface area contributed by atoms with Crippen molar-refractivity contribution in [2.24, 2.45) is 0 Å². The van der Waals surface area contributed by atoms with Gasteiger partial charge in [-0.2, -0.15) is 0 Å². The first-order valence-corrected chi connectivity index (χ1v) is 7.77. The number of carbonyl (C=O) groups excluding carboxylic acids is 1. The van der Waals surface area contributed by atoms with Crippen molar-refractivity contribution in [3.05, 3.63) is 30.1 Å². The molecule has 0 aliphatic carbocycles. The Hall–Kier alpha value is -1.66. The van der Waals surface area contributed by atoms with Crippen molar-refractivity contribution >= 4 is 11.6 Å². The Morgan fingerprint density at radius 1 is 1.27 bits per heavy atom. The summed E-state index contributed by atoms with van der Waals surface area (Å²) in [6.07, 6.45) is 0. The summed E-state index contributed by atoms with van der Waals surface area (Å²) >= 11 is 0. The third-order valence-corrected chi connectivity index (χ3v) is 3.75. The van der Waals surface area contributed by atoms with Gasteiger partial charge in [0.1, 0.15) is 12.4 Å². The van der Waals surface area contributed by atoms with Gasteiger partial charge in [0.25, 0.3) is 0 Å². The van der Waals surface area contributed by atoms with Crippen LogP contribution in [-0.4, -0.2) is 63.3 Å². The molecule has 0 bridgehead atoms. The standard InChI is InChI=1S/C16H24FN3O2/c1-2-22-13-16(21)18-7-8-19-9-11-20(12-10-19)15-6-4-3-5-14(15)17/h3-6H,2,7-13H2,1H3,(H,18,21). The number of ether oxygens (including phenoxy) is 1. The fraction of sp³-hybridized carbons (Fsp3) is 0.562. The van der Waals surface area contributed by atoms with Gasteiger partial charge in [0.05, 0.1) is 5.69 Å². The number of hydrogen-bond acceptors (Lipinski definition) is 4. The smallest absolute Gasteiger partial charge is 0.246 e. The van der Waals surface area contributed by atoms with Gasteiger partial charge in [0.15, 0.2) is 0 Å². The lowest BCUT2D eigenvalue weighted by Gasteiger charge is -2.36. The Bertz CT molecular complexity index is 476. The molecule has 2 rings (SSSR count). The zero-order chi connectivity index (χ0) is 15.8. The molecular weight excluding hydrogens is 285 g/mol. The van der Waals surface area contributed by atoms with E-state index in [1.54, 1.807) is 6.07 Å². The van der Waals surface area contributed by atoms with Gasteiger partial charge in [-0.15, -0.1) is 0 Å². The molecule has 0 atom stereocenters. The molecule has 5 nitrogen and oxygen atoms in total. The molecule has 6 heteroatoms. The molecule has 1 aliphatic rings. The van der Waals surface area contributed by atoms with Crippen LogP contribution in [0.25, 0.3) is 0 Å². The lowest BCUT2D eigenvalue weighted by molar-refractivity contribution is -0.125. The zero-order valence-electron chi connectivity index (χ0n) is 13.1.